The van der Waals surface area contributed by atoms with Gasteiger partial charge in [0.2, 0.25) is 0 Å². The van der Waals surface area contributed by atoms with Crippen molar-refractivity contribution in [2.75, 3.05) is 20.3 Å². The summed E-state index contributed by atoms with van der Waals surface area (Å²) in [6, 6.07) is 11.3. The van der Waals surface area contributed by atoms with Gasteiger partial charge in [0.15, 0.2) is 11.5 Å². The standard InChI is InChI=1S/C18H21NO4/c1-13-4-6-16(10-14(13)2)22-8-9-23-17-7-5-15(12-19-20)11-18(17)21-3/h4-7,10-12,20H,8-9H2,1-3H3. The maximum atomic E-state index is 8.55. The normalized spacial score (nSPS) is 10.7. The van der Waals surface area contributed by atoms with Crippen molar-refractivity contribution in [1.29, 1.82) is 0 Å². The first-order valence-corrected chi connectivity index (χ1v) is 7.32. The Morgan fingerprint density at radius 2 is 1.74 bits per heavy atom. The molecule has 122 valence electrons. The molecule has 1 N–H and O–H groups in total. The van der Waals surface area contributed by atoms with Crippen LogP contribution in [0.2, 0.25) is 0 Å². The van der Waals surface area contributed by atoms with Crippen LogP contribution in [0, 0.1) is 13.8 Å². The van der Waals surface area contributed by atoms with Crippen LogP contribution in [0.4, 0.5) is 0 Å². The lowest BCUT2D eigenvalue weighted by atomic mass is 10.1. The molecule has 0 aliphatic heterocycles. The van der Waals surface area contributed by atoms with Gasteiger partial charge in [0.25, 0.3) is 0 Å². The van der Waals surface area contributed by atoms with Gasteiger partial charge in [-0.15, -0.1) is 0 Å². The van der Waals surface area contributed by atoms with Crippen LogP contribution in [0.3, 0.4) is 0 Å². The second-order valence-electron chi connectivity index (χ2n) is 5.10. The second-order valence-corrected chi connectivity index (χ2v) is 5.10. The van der Waals surface area contributed by atoms with Crippen LogP contribution in [-0.4, -0.2) is 31.7 Å². The number of nitrogens with zero attached hydrogens (tertiary/aromatic N) is 1. The van der Waals surface area contributed by atoms with Crippen molar-refractivity contribution in [2.24, 2.45) is 5.16 Å². The SMILES string of the molecule is COc1cc(C=NO)ccc1OCCOc1ccc(C)c(C)c1. The molecule has 0 heterocycles. The maximum absolute atomic E-state index is 8.55. The van der Waals surface area contributed by atoms with E-state index in [-0.39, 0.29) is 0 Å². The molecule has 0 aliphatic rings. The summed E-state index contributed by atoms with van der Waals surface area (Å²) in [5.41, 5.74) is 3.17. The fourth-order valence-corrected chi connectivity index (χ4v) is 2.07. The molecule has 5 nitrogen and oxygen atoms in total. The van der Waals surface area contributed by atoms with Crippen molar-refractivity contribution in [3.05, 3.63) is 53.1 Å². The zero-order valence-electron chi connectivity index (χ0n) is 13.6. The van der Waals surface area contributed by atoms with E-state index in [1.165, 1.54) is 17.3 Å². The maximum Gasteiger partial charge on any atom is 0.161 e. The summed E-state index contributed by atoms with van der Waals surface area (Å²) in [6.07, 6.45) is 1.33. The zero-order chi connectivity index (χ0) is 16.7. The largest absolute Gasteiger partial charge is 0.493 e. The van der Waals surface area contributed by atoms with Gasteiger partial charge in [-0.3, -0.25) is 0 Å². The van der Waals surface area contributed by atoms with Gasteiger partial charge in [-0.25, -0.2) is 0 Å². The summed E-state index contributed by atoms with van der Waals surface area (Å²) >= 11 is 0. The first-order chi connectivity index (χ1) is 11.1. The van der Waals surface area contributed by atoms with Gasteiger partial charge in [0.1, 0.15) is 19.0 Å². The number of aryl methyl sites for hydroxylation is 2. The molecule has 0 radical (unpaired) electrons. The molecule has 0 amide bonds. The molecule has 0 bridgehead atoms. The van der Waals surface area contributed by atoms with Gasteiger partial charge in [0.05, 0.1) is 13.3 Å². The molecule has 2 aromatic rings. The van der Waals surface area contributed by atoms with Crippen molar-refractivity contribution in [2.45, 2.75) is 13.8 Å². The topological polar surface area (TPSA) is 60.3 Å². The van der Waals surface area contributed by atoms with Crippen molar-refractivity contribution >= 4 is 6.21 Å². The number of hydrogen-bond acceptors (Lipinski definition) is 5. The van der Waals surface area contributed by atoms with E-state index in [0.717, 1.165) is 11.3 Å². The third kappa shape index (κ3) is 4.64. The number of oxime groups is 1. The fraction of sp³-hybridized carbons (Fsp3) is 0.278. The van der Waals surface area contributed by atoms with Gasteiger partial charge in [-0.2, -0.15) is 0 Å². The Bertz CT molecular complexity index is 683. The van der Waals surface area contributed by atoms with Crippen LogP contribution in [-0.2, 0) is 0 Å². The molecular formula is C18H21NO4. The van der Waals surface area contributed by atoms with E-state index >= 15 is 0 Å². The number of hydrogen-bond donors (Lipinski definition) is 1. The zero-order valence-corrected chi connectivity index (χ0v) is 13.6. The number of benzene rings is 2. The van der Waals surface area contributed by atoms with E-state index < -0.39 is 0 Å². The molecule has 0 fully saturated rings. The second kappa shape index (κ2) is 8.08. The third-order valence-electron chi connectivity index (χ3n) is 3.48. The summed E-state index contributed by atoms with van der Waals surface area (Å²) in [7, 11) is 1.56. The molecule has 5 heteroatoms. The molecule has 23 heavy (non-hydrogen) atoms. The Kier molecular flexibility index (Phi) is 5.86. The van der Waals surface area contributed by atoms with Gasteiger partial charge in [-0.05, 0) is 55.3 Å². The minimum atomic E-state index is 0.400. The molecular weight excluding hydrogens is 294 g/mol. The lowest BCUT2D eigenvalue weighted by Gasteiger charge is -2.12. The molecule has 0 spiro atoms. The number of rotatable bonds is 7. The Morgan fingerprint density at radius 3 is 2.43 bits per heavy atom. The van der Waals surface area contributed by atoms with E-state index in [0.29, 0.717) is 24.7 Å². The highest BCUT2D eigenvalue weighted by Crippen LogP contribution is 2.27. The summed E-state index contributed by atoms with van der Waals surface area (Å²) in [5.74, 6) is 2.03. The van der Waals surface area contributed by atoms with Crippen LogP contribution < -0.4 is 14.2 Å². The smallest absolute Gasteiger partial charge is 0.161 e. The van der Waals surface area contributed by atoms with Crippen LogP contribution in [0.5, 0.6) is 17.2 Å². The Hall–Kier alpha value is -2.69. The molecule has 0 saturated heterocycles. The Balaban J connectivity index is 1.89. The molecule has 0 aliphatic carbocycles. The monoisotopic (exact) mass is 315 g/mol. The average Bonchev–Trinajstić information content (AvgIpc) is 2.56. The van der Waals surface area contributed by atoms with Crippen LogP contribution in [0.1, 0.15) is 16.7 Å². The van der Waals surface area contributed by atoms with Gasteiger partial charge in [-0.1, -0.05) is 11.2 Å². The minimum Gasteiger partial charge on any atom is -0.493 e. The molecule has 0 aromatic heterocycles. The van der Waals surface area contributed by atoms with E-state index in [4.69, 9.17) is 19.4 Å². The number of methoxy groups -OCH3 is 1. The van der Waals surface area contributed by atoms with Crippen molar-refractivity contribution in [1.82, 2.24) is 0 Å². The predicted molar refractivity (Wildman–Crippen MR) is 89.3 cm³/mol. The van der Waals surface area contributed by atoms with Gasteiger partial charge in [0, 0.05) is 5.56 Å². The molecule has 0 saturated carbocycles. The van der Waals surface area contributed by atoms with E-state index in [1.54, 1.807) is 25.3 Å². The first-order valence-electron chi connectivity index (χ1n) is 7.32. The minimum absolute atomic E-state index is 0.400. The summed E-state index contributed by atoms with van der Waals surface area (Å²) in [6.45, 7) is 4.96. The van der Waals surface area contributed by atoms with Crippen molar-refractivity contribution in [3.8, 4) is 17.2 Å². The number of ether oxygens (including phenoxy) is 3. The molecule has 0 unspecified atom stereocenters. The highest BCUT2D eigenvalue weighted by Gasteiger charge is 2.05. The summed E-state index contributed by atoms with van der Waals surface area (Å²) in [4.78, 5) is 0. The fourth-order valence-electron chi connectivity index (χ4n) is 2.07. The first kappa shape index (κ1) is 16.7. The summed E-state index contributed by atoms with van der Waals surface area (Å²) in [5, 5.41) is 11.5. The molecule has 2 rings (SSSR count). The van der Waals surface area contributed by atoms with Crippen molar-refractivity contribution in [3.63, 3.8) is 0 Å². The van der Waals surface area contributed by atoms with E-state index in [1.807, 2.05) is 18.2 Å². The van der Waals surface area contributed by atoms with Crippen molar-refractivity contribution < 1.29 is 19.4 Å². The van der Waals surface area contributed by atoms with Crippen LogP contribution >= 0.6 is 0 Å². The van der Waals surface area contributed by atoms with Gasteiger partial charge >= 0.3 is 0 Å². The quantitative estimate of drug-likeness (QED) is 0.367. The van der Waals surface area contributed by atoms with Crippen LogP contribution in [0.15, 0.2) is 41.6 Å². The lowest BCUT2D eigenvalue weighted by molar-refractivity contribution is 0.211. The predicted octanol–water partition coefficient (Wildman–Crippen LogP) is 3.58. The van der Waals surface area contributed by atoms with Gasteiger partial charge < -0.3 is 19.4 Å². The summed E-state index contributed by atoms with van der Waals surface area (Å²) < 4.78 is 16.6. The Labute approximate surface area is 136 Å². The molecule has 2 aromatic carbocycles. The molecule has 0 atom stereocenters. The highest BCUT2D eigenvalue weighted by atomic mass is 16.5. The highest BCUT2D eigenvalue weighted by molar-refractivity contribution is 5.80. The average molecular weight is 315 g/mol. The third-order valence-corrected chi connectivity index (χ3v) is 3.48. The van der Waals surface area contributed by atoms with Crippen LogP contribution in [0.25, 0.3) is 0 Å². The van der Waals surface area contributed by atoms with E-state index in [2.05, 4.69) is 19.0 Å². The lowest BCUT2D eigenvalue weighted by Crippen LogP contribution is -2.09. The Morgan fingerprint density at radius 1 is 0.957 bits per heavy atom. The van der Waals surface area contributed by atoms with E-state index in [9.17, 15) is 0 Å².